The van der Waals surface area contributed by atoms with Crippen LogP contribution < -0.4 is 16.3 Å². The number of imidazole rings is 3. The molecule has 1 saturated carbocycles. The van der Waals surface area contributed by atoms with E-state index in [4.69, 9.17) is 9.84 Å². The molecule has 0 bridgehead atoms. The van der Waals surface area contributed by atoms with Crippen molar-refractivity contribution in [2.75, 3.05) is 12.4 Å². The van der Waals surface area contributed by atoms with Gasteiger partial charge in [0.2, 0.25) is 0 Å². The second kappa shape index (κ2) is 8.76. The van der Waals surface area contributed by atoms with Gasteiger partial charge >= 0.3 is 11.8 Å². The molecule has 0 aromatic carbocycles. The van der Waals surface area contributed by atoms with Crippen LogP contribution in [0.3, 0.4) is 0 Å². The molecule has 37 heavy (non-hydrogen) atoms. The Balaban J connectivity index is 1.33. The average Bonchev–Trinajstić information content (AvgIpc) is 3.67. The normalized spacial score (nSPS) is 17.5. The smallest absolute Gasteiger partial charge is 0.407 e. The summed E-state index contributed by atoms with van der Waals surface area (Å²) in [6.07, 6.45) is 8.68. The number of hydrogen-bond donors (Lipinski definition) is 2. The van der Waals surface area contributed by atoms with Crippen LogP contribution in [0, 0.1) is 0 Å². The Kier molecular flexibility index (Phi) is 5.39. The summed E-state index contributed by atoms with van der Waals surface area (Å²) in [6, 6.07) is 5.48. The number of hydrogen-bond acceptors (Lipinski definition) is 8. The lowest BCUT2D eigenvalue weighted by Crippen LogP contribution is -2.33. The van der Waals surface area contributed by atoms with E-state index in [0.29, 0.717) is 23.7 Å². The third-order valence-corrected chi connectivity index (χ3v) is 6.95. The molecule has 0 radical (unpaired) electrons. The lowest BCUT2D eigenvalue weighted by atomic mass is 10.2. The van der Waals surface area contributed by atoms with E-state index in [1.165, 1.54) is 7.11 Å². The highest BCUT2D eigenvalue weighted by molar-refractivity contribution is 5.79. The van der Waals surface area contributed by atoms with Crippen LogP contribution in [0.25, 0.3) is 28.1 Å². The molecule has 1 aliphatic rings. The number of nitrogens with zero attached hydrogens (tertiary/aromatic N) is 8. The molecule has 0 spiro atoms. The van der Waals surface area contributed by atoms with Gasteiger partial charge in [-0.15, -0.1) is 5.10 Å². The van der Waals surface area contributed by atoms with Crippen molar-refractivity contribution in [2.45, 2.75) is 31.3 Å². The molecule has 13 nitrogen and oxygen atoms in total. The number of anilines is 2. The molecule has 0 unspecified atom stereocenters. The van der Waals surface area contributed by atoms with Crippen molar-refractivity contribution in [1.29, 1.82) is 0 Å². The first kappa shape index (κ1) is 22.8. The Bertz CT molecular complexity index is 1690. The van der Waals surface area contributed by atoms with Crippen LogP contribution in [0.5, 0.6) is 0 Å². The van der Waals surface area contributed by atoms with E-state index in [1.54, 1.807) is 45.6 Å². The summed E-state index contributed by atoms with van der Waals surface area (Å²) in [5.41, 5.74) is 3.80. The van der Waals surface area contributed by atoms with Gasteiger partial charge in [0.15, 0.2) is 11.5 Å². The predicted octanol–water partition coefficient (Wildman–Crippen LogP) is 2.37. The summed E-state index contributed by atoms with van der Waals surface area (Å²) in [4.78, 5) is 38.0. The number of amides is 1. The quantitative estimate of drug-likeness (QED) is 0.374. The Morgan fingerprint density at radius 2 is 1.92 bits per heavy atom. The van der Waals surface area contributed by atoms with Crippen molar-refractivity contribution in [1.82, 2.24) is 43.6 Å². The number of alkyl carbamates (subject to hydrolysis) is 1. The number of ether oxygens (including phenoxy) is 1. The lowest BCUT2D eigenvalue weighted by molar-refractivity contribution is 0.166. The monoisotopic (exact) mass is 502 g/mol. The molecule has 0 aliphatic heterocycles. The minimum atomic E-state index is -0.458. The average molecular weight is 503 g/mol. The number of aromatic nitrogens is 8. The number of aryl methyl sites for hydroxylation is 2. The van der Waals surface area contributed by atoms with Crippen LogP contribution in [0.4, 0.5) is 16.4 Å². The van der Waals surface area contributed by atoms with Crippen LogP contribution in [0.15, 0.2) is 47.9 Å². The van der Waals surface area contributed by atoms with Crippen molar-refractivity contribution in [3.63, 3.8) is 0 Å². The number of pyridine rings is 1. The summed E-state index contributed by atoms with van der Waals surface area (Å²) >= 11 is 0. The SMILES string of the molecule is COC(=O)N[C@@H]1CC[C@@H](n2c(=O)n(C)c3cnc(Nc4ccc5ncc(-c6cncn6C)n5n4)cc32)C1. The van der Waals surface area contributed by atoms with Gasteiger partial charge in [-0.3, -0.25) is 9.13 Å². The van der Waals surface area contributed by atoms with E-state index in [-0.39, 0.29) is 17.8 Å². The van der Waals surface area contributed by atoms with Gasteiger partial charge in [0.25, 0.3) is 0 Å². The van der Waals surface area contributed by atoms with E-state index in [0.717, 1.165) is 35.3 Å². The largest absolute Gasteiger partial charge is 0.453 e. The third kappa shape index (κ3) is 3.88. The van der Waals surface area contributed by atoms with E-state index in [1.807, 2.05) is 29.8 Å². The number of fused-ring (bicyclic) bond motifs is 2. The minimum absolute atomic E-state index is 0.0428. The van der Waals surface area contributed by atoms with Crippen LogP contribution in [-0.2, 0) is 18.8 Å². The minimum Gasteiger partial charge on any atom is -0.453 e. The molecule has 0 saturated heterocycles. The molecule has 13 heteroatoms. The molecular weight excluding hydrogens is 476 g/mol. The van der Waals surface area contributed by atoms with Crippen molar-refractivity contribution >= 4 is 34.4 Å². The number of carbonyl (C=O) groups excluding carboxylic acids is 1. The first-order chi connectivity index (χ1) is 17.9. The summed E-state index contributed by atoms with van der Waals surface area (Å²) in [6.45, 7) is 0. The highest BCUT2D eigenvalue weighted by Gasteiger charge is 2.30. The molecule has 6 rings (SSSR count). The summed E-state index contributed by atoms with van der Waals surface area (Å²) in [5, 5.41) is 10.8. The zero-order valence-corrected chi connectivity index (χ0v) is 20.6. The fraction of sp³-hybridized carbons (Fsp3) is 0.333. The maximum atomic E-state index is 13.2. The van der Waals surface area contributed by atoms with E-state index < -0.39 is 6.09 Å². The Hall–Kier alpha value is -4.68. The molecule has 5 aromatic heterocycles. The van der Waals surface area contributed by atoms with Gasteiger partial charge in [-0.2, -0.15) is 0 Å². The van der Waals surface area contributed by atoms with E-state index in [9.17, 15) is 9.59 Å². The molecule has 2 N–H and O–H groups in total. The zero-order valence-electron chi connectivity index (χ0n) is 20.6. The predicted molar refractivity (Wildman–Crippen MR) is 136 cm³/mol. The molecule has 5 heterocycles. The van der Waals surface area contributed by atoms with Crippen molar-refractivity contribution in [2.24, 2.45) is 14.1 Å². The maximum Gasteiger partial charge on any atom is 0.407 e. The van der Waals surface area contributed by atoms with Crippen molar-refractivity contribution in [3.05, 3.63) is 53.6 Å². The van der Waals surface area contributed by atoms with Crippen LogP contribution in [0.2, 0.25) is 0 Å². The standard InChI is InChI=1S/C24H26N10O3/c1-31-13-25-10-17(31)19-12-27-22-7-6-20(30-34(19)22)29-21-9-16-18(11-26-21)32(2)24(36)33(16)15-5-4-14(8-15)28-23(35)37-3/h6-7,9-15H,4-5,8H2,1-3H3,(H,28,35)(H,26,29,30)/t14-,15-/m1/s1. The molecule has 5 aromatic rings. The van der Waals surface area contributed by atoms with Crippen LogP contribution in [0.1, 0.15) is 25.3 Å². The maximum absolute atomic E-state index is 13.2. The Morgan fingerprint density at radius 3 is 2.70 bits per heavy atom. The number of rotatable bonds is 5. The van der Waals surface area contributed by atoms with Crippen LogP contribution >= 0.6 is 0 Å². The second-order valence-electron chi connectivity index (χ2n) is 9.22. The molecule has 2 atom stereocenters. The topological polar surface area (TPSA) is 138 Å². The molecule has 1 fully saturated rings. The van der Waals surface area contributed by atoms with Crippen molar-refractivity contribution < 1.29 is 9.53 Å². The summed E-state index contributed by atoms with van der Waals surface area (Å²) < 4.78 is 11.8. The van der Waals surface area contributed by atoms with Gasteiger partial charge in [-0.25, -0.2) is 29.1 Å². The van der Waals surface area contributed by atoms with Gasteiger partial charge in [-0.1, -0.05) is 0 Å². The highest BCUT2D eigenvalue weighted by Crippen LogP contribution is 2.32. The van der Waals surface area contributed by atoms with Gasteiger partial charge in [0.05, 0.1) is 48.8 Å². The fourth-order valence-corrected chi connectivity index (χ4v) is 5.08. The molecule has 1 aliphatic carbocycles. The van der Waals surface area contributed by atoms with E-state index in [2.05, 4.69) is 25.6 Å². The summed E-state index contributed by atoms with van der Waals surface area (Å²) in [7, 11) is 5.00. The number of carbonyl (C=O) groups is 1. The van der Waals surface area contributed by atoms with E-state index >= 15 is 0 Å². The van der Waals surface area contributed by atoms with Crippen molar-refractivity contribution in [3.8, 4) is 11.4 Å². The van der Waals surface area contributed by atoms with Gasteiger partial charge in [0, 0.05) is 32.2 Å². The second-order valence-corrected chi connectivity index (χ2v) is 9.22. The van der Waals surface area contributed by atoms with Gasteiger partial charge in [0.1, 0.15) is 11.5 Å². The van der Waals surface area contributed by atoms with Gasteiger partial charge < -0.3 is 19.9 Å². The molecular formula is C24H26N10O3. The lowest BCUT2D eigenvalue weighted by Gasteiger charge is -2.14. The Labute approximate surface area is 210 Å². The van der Waals surface area contributed by atoms with Crippen LogP contribution in [-0.4, -0.2) is 57.5 Å². The fourth-order valence-electron chi connectivity index (χ4n) is 5.08. The number of nitrogens with one attached hydrogen (secondary N) is 2. The Morgan fingerprint density at radius 1 is 1.05 bits per heavy atom. The molecule has 190 valence electrons. The number of methoxy groups -OCH3 is 1. The first-order valence-corrected chi connectivity index (χ1v) is 11.9. The highest BCUT2D eigenvalue weighted by atomic mass is 16.5. The molecule has 1 amide bonds. The van der Waals surface area contributed by atoms with Gasteiger partial charge in [-0.05, 0) is 31.4 Å². The summed E-state index contributed by atoms with van der Waals surface area (Å²) in [5.74, 6) is 1.14. The zero-order chi connectivity index (χ0) is 25.7. The third-order valence-electron chi connectivity index (χ3n) is 6.95. The first-order valence-electron chi connectivity index (χ1n) is 11.9.